The summed E-state index contributed by atoms with van der Waals surface area (Å²) >= 11 is 5.79. The summed E-state index contributed by atoms with van der Waals surface area (Å²) in [5, 5.41) is 17.4. The lowest BCUT2D eigenvalue weighted by molar-refractivity contribution is 0.160. The molecule has 0 aliphatic heterocycles. The van der Waals surface area contributed by atoms with Gasteiger partial charge in [0, 0.05) is 11.1 Å². The third-order valence-corrected chi connectivity index (χ3v) is 2.33. The van der Waals surface area contributed by atoms with Crippen molar-refractivity contribution in [3.05, 3.63) is 28.3 Å². The molecule has 0 unspecified atom stereocenters. The number of nitrogens with one attached hydrogen (secondary N) is 1. The fourth-order valence-electron chi connectivity index (χ4n) is 1.34. The molecule has 0 radical (unpaired) electrons. The van der Waals surface area contributed by atoms with Crippen molar-refractivity contribution in [2.24, 2.45) is 0 Å². The van der Waals surface area contributed by atoms with Crippen molar-refractivity contribution in [1.82, 2.24) is 4.73 Å². The summed E-state index contributed by atoms with van der Waals surface area (Å²) in [4.78, 5) is 0. The Morgan fingerprint density at radius 2 is 2.14 bits per heavy atom. The zero-order valence-corrected chi connectivity index (χ0v) is 9.01. The minimum Gasteiger partial charge on any atom is -0.427 e. The number of hydrogen-bond acceptors (Lipinski definition) is 2. The molecule has 0 saturated heterocycles. The second kappa shape index (κ2) is 5.05. The van der Waals surface area contributed by atoms with Gasteiger partial charge in [-0.05, 0) is 18.9 Å². The molecule has 4 heteroatoms. The molecule has 0 aromatic carbocycles. The molecule has 0 amide bonds. The molecule has 0 bridgehead atoms. The standard InChI is InChI=1S/C10H15ClN2O/c1-2-3-4-5-9-6-8(11)7-10(12)13(9)14/h6-7,12,14H,2-5H2,1H3. The third kappa shape index (κ3) is 2.77. The quantitative estimate of drug-likeness (QED) is 0.588. The molecule has 1 aromatic rings. The molecule has 3 nitrogen and oxygen atoms in total. The summed E-state index contributed by atoms with van der Waals surface area (Å²) in [5.74, 6) is 0. The van der Waals surface area contributed by atoms with Gasteiger partial charge in [0.1, 0.15) is 0 Å². The van der Waals surface area contributed by atoms with E-state index >= 15 is 0 Å². The summed E-state index contributed by atoms with van der Waals surface area (Å²) in [7, 11) is 0. The first-order valence-corrected chi connectivity index (χ1v) is 5.18. The number of hydrogen-bond donors (Lipinski definition) is 2. The molecule has 0 aliphatic rings. The Kier molecular flexibility index (Phi) is 4.01. The van der Waals surface area contributed by atoms with Gasteiger partial charge in [0.2, 0.25) is 0 Å². The zero-order valence-electron chi connectivity index (χ0n) is 8.26. The molecule has 0 aliphatic carbocycles. The molecule has 1 heterocycles. The predicted molar refractivity (Wildman–Crippen MR) is 55.7 cm³/mol. The van der Waals surface area contributed by atoms with Crippen molar-refractivity contribution in [1.29, 1.82) is 5.41 Å². The molecular weight excluding hydrogens is 200 g/mol. The van der Waals surface area contributed by atoms with E-state index in [1.807, 2.05) is 0 Å². The number of rotatable bonds is 4. The van der Waals surface area contributed by atoms with E-state index in [-0.39, 0.29) is 5.49 Å². The topological polar surface area (TPSA) is 49.0 Å². The maximum absolute atomic E-state index is 9.49. The first-order chi connectivity index (χ1) is 6.65. The summed E-state index contributed by atoms with van der Waals surface area (Å²) in [6, 6.07) is 3.13. The Balaban J connectivity index is 2.80. The van der Waals surface area contributed by atoms with Gasteiger partial charge < -0.3 is 5.21 Å². The van der Waals surface area contributed by atoms with Crippen molar-refractivity contribution in [3.8, 4) is 0 Å². The van der Waals surface area contributed by atoms with Gasteiger partial charge in [-0.2, -0.15) is 4.73 Å². The summed E-state index contributed by atoms with van der Waals surface area (Å²) in [6.07, 6.45) is 4.03. The fraction of sp³-hybridized carbons (Fsp3) is 0.500. The highest BCUT2D eigenvalue weighted by atomic mass is 35.5. The summed E-state index contributed by atoms with van der Waals surface area (Å²) < 4.78 is 0.890. The first kappa shape index (κ1) is 11.1. The van der Waals surface area contributed by atoms with Crippen LogP contribution >= 0.6 is 11.6 Å². The largest absolute Gasteiger partial charge is 0.427 e. The molecule has 0 fully saturated rings. The van der Waals surface area contributed by atoms with Crippen LogP contribution in [0.4, 0.5) is 0 Å². The predicted octanol–water partition coefficient (Wildman–Crippen LogP) is 2.59. The van der Waals surface area contributed by atoms with Crippen LogP contribution in [0.25, 0.3) is 0 Å². The number of aryl methyl sites for hydroxylation is 1. The molecule has 14 heavy (non-hydrogen) atoms. The molecule has 78 valence electrons. The summed E-state index contributed by atoms with van der Waals surface area (Å²) in [5.41, 5.74) is 0.736. The highest BCUT2D eigenvalue weighted by Crippen LogP contribution is 2.10. The van der Waals surface area contributed by atoms with Gasteiger partial charge in [-0.25, -0.2) is 0 Å². The van der Waals surface area contributed by atoms with Gasteiger partial charge in [0.05, 0.1) is 5.69 Å². The molecular formula is C10H15ClN2O. The van der Waals surface area contributed by atoms with Crippen molar-refractivity contribution in [2.75, 3.05) is 0 Å². The molecule has 0 saturated carbocycles. The summed E-state index contributed by atoms with van der Waals surface area (Å²) in [6.45, 7) is 2.13. The normalized spacial score (nSPS) is 10.4. The van der Waals surface area contributed by atoms with Crippen molar-refractivity contribution in [2.45, 2.75) is 32.6 Å². The Morgan fingerprint density at radius 3 is 2.79 bits per heavy atom. The van der Waals surface area contributed by atoms with E-state index in [9.17, 15) is 5.21 Å². The number of nitrogens with zero attached hydrogens (tertiary/aromatic N) is 1. The van der Waals surface area contributed by atoms with Crippen LogP contribution in [0.1, 0.15) is 31.9 Å². The van der Waals surface area contributed by atoms with Crippen LogP contribution in [-0.2, 0) is 6.42 Å². The molecule has 2 N–H and O–H groups in total. The lowest BCUT2D eigenvalue weighted by atomic mass is 10.1. The van der Waals surface area contributed by atoms with E-state index in [1.165, 1.54) is 6.07 Å². The first-order valence-electron chi connectivity index (χ1n) is 4.80. The molecule has 1 rings (SSSR count). The highest BCUT2D eigenvalue weighted by Gasteiger charge is 2.02. The van der Waals surface area contributed by atoms with Crippen LogP contribution in [-0.4, -0.2) is 9.94 Å². The fourth-order valence-corrected chi connectivity index (χ4v) is 1.57. The minimum atomic E-state index is 0.0315. The minimum absolute atomic E-state index is 0.0315. The average Bonchev–Trinajstić information content (AvgIpc) is 2.13. The molecule has 0 atom stereocenters. The zero-order chi connectivity index (χ0) is 10.6. The number of unbranched alkanes of at least 4 members (excludes halogenated alkanes) is 2. The number of aromatic nitrogens is 1. The van der Waals surface area contributed by atoms with E-state index < -0.39 is 0 Å². The lowest BCUT2D eigenvalue weighted by Gasteiger charge is -2.07. The van der Waals surface area contributed by atoms with Gasteiger partial charge in [-0.1, -0.05) is 31.4 Å². The van der Waals surface area contributed by atoms with Gasteiger partial charge in [-0.3, -0.25) is 5.41 Å². The molecule has 1 aromatic heterocycles. The second-order valence-corrected chi connectivity index (χ2v) is 3.76. The van der Waals surface area contributed by atoms with E-state index in [0.29, 0.717) is 10.7 Å². The second-order valence-electron chi connectivity index (χ2n) is 3.32. The van der Waals surface area contributed by atoms with Crippen molar-refractivity contribution in [3.63, 3.8) is 0 Å². The Hall–Kier alpha value is -0.960. The van der Waals surface area contributed by atoms with Crippen LogP contribution < -0.4 is 5.49 Å². The number of pyridine rings is 1. The van der Waals surface area contributed by atoms with E-state index in [0.717, 1.165) is 30.4 Å². The van der Waals surface area contributed by atoms with Crippen LogP contribution in [0.15, 0.2) is 12.1 Å². The van der Waals surface area contributed by atoms with Crippen LogP contribution in [0, 0.1) is 5.41 Å². The average molecular weight is 215 g/mol. The smallest absolute Gasteiger partial charge is 0.162 e. The van der Waals surface area contributed by atoms with E-state index in [1.54, 1.807) is 6.07 Å². The van der Waals surface area contributed by atoms with Gasteiger partial charge >= 0.3 is 0 Å². The maximum atomic E-state index is 9.49. The highest BCUT2D eigenvalue weighted by molar-refractivity contribution is 6.30. The Labute approximate surface area is 88.4 Å². The van der Waals surface area contributed by atoms with Crippen LogP contribution in [0.2, 0.25) is 5.02 Å². The van der Waals surface area contributed by atoms with Gasteiger partial charge in [-0.15, -0.1) is 0 Å². The van der Waals surface area contributed by atoms with Crippen molar-refractivity contribution < 1.29 is 5.21 Å². The van der Waals surface area contributed by atoms with E-state index in [2.05, 4.69) is 6.92 Å². The maximum Gasteiger partial charge on any atom is 0.162 e. The SMILES string of the molecule is CCCCCc1cc(Cl)cc(=N)n1O. The number of halogens is 1. The Morgan fingerprint density at radius 1 is 1.43 bits per heavy atom. The lowest BCUT2D eigenvalue weighted by Crippen LogP contribution is -2.20. The van der Waals surface area contributed by atoms with Gasteiger partial charge in [0.25, 0.3) is 0 Å². The Bertz CT molecular complexity index is 360. The van der Waals surface area contributed by atoms with Crippen LogP contribution in [0.3, 0.4) is 0 Å². The monoisotopic (exact) mass is 214 g/mol. The third-order valence-electron chi connectivity index (χ3n) is 2.12. The van der Waals surface area contributed by atoms with Crippen LogP contribution in [0.5, 0.6) is 0 Å². The molecule has 0 spiro atoms. The van der Waals surface area contributed by atoms with Gasteiger partial charge in [0.15, 0.2) is 5.49 Å². The van der Waals surface area contributed by atoms with Crippen molar-refractivity contribution >= 4 is 11.6 Å². The van der Waals surface area contributed by atoms with E-state index in [4.69, 9.17) is 17.0 Å².